The van der Waals surface area contributed by atoms with Crippen molar-refractivity contribution in [3.8, 4) is 0 Å². The Balaban J connectivity index is 3.12. The standard InChI is InChI=1S/C12H17N3O3S/c1-4-6-15-10(16)9-8(13)7(11(14-3)19-9)12(17)18-5-2/h4,14H,1,5-6,13H2,2-3H3,(H,15,16). The third kappa shape index (κ3) is 3.25. The number of nitrogens with one attached hydrogen (secondary N) is 2. The average Bonchev–Trinajstić information content (AvgIpc) is 2.73. The van der Waals surface area contributed by atoms with Gasteiger partial charge < -0.3 is 21.1 Å². The summed E-state index contributed by atoms with van der Waals surface area (Å²) in [5.41, 5.74) is 6.21. The Bertz CT molecular complexity index is 497. The predicted octanol–water partition coefficient (Wildman–Crippen LogP) is 1.46. The van der Waals surface area contributed by atoms with E-state index in [2.05, 4.69) is 17.2 Å². The van der Waals surface area contributed by atoms with Crippen LogP contribution < -0.4 is 16.4 Å². The van der Waals surface area contributed by atoms with Gasteiger partial charge in [-0.1, -0.05) is 6.08 Å². The summed E-state index contributed by atoms with van der Waals surface area (Å²) in [6.45, 7) is 5.80. The van der Waals surface area contributed by atoms with Crippen molar-refractivity contribution in [2.45, 2.75) is 6.92 Å². The van der Waals surface area contributed by atoms with Crippen molar-refractivity contribution in [1.29, 1.82) is 0 Å². The van der Waals surface area contributed by atoms with Gasteiger partial charge in [0.25, 0.3) is 5.91 Å². The van der Waals surface area contributed by atoms with Crippen LogP contribution in [0.4, 0.5) is 10.7 Å². The zero-order valence-corrected chi connectivity index (χ0v) is 11.7. The molecule has 7 heteroatoms. The zero-order chi connectivity index (χ0) is 14.4. The summed E-state index contributed by atoms with van der Waals surface area (Å²) in [5.74, 6) is -0.877. The van der Waals surface area contributed by atoms with Gasteiger partial charge >= 0.3 is 5.97 Å². The molecule has 0 aliphatic carbocycles. The summed E-state index contributed by atoms with van der Waals surface area (Å²) in [4.78, 5) is 24.0. The molecule has 6 nitrogen and oxygen atoms in total. The molecule has 0 spiro atoms. The van der Waals surface area contributed by atoms with Crippen LogP contribution in [0.25, 0.3) is 0 Å². The number of carbonyl (C=O) groups excluding carboxylic acids is 2. The van der Waals surface area contributed by atoms with Gasteiger partial charge in [0, 0.05) is 13.6 Å². The van der Waals surface area contributed by atoms with Crippen LogP contribution in [-0.2, 0) is 4.74 Å². The largest absolute Gasteiger partial charge is 0.462 e. The molecule has 0 bridgehead atoms. The van der Waals surface area contributed by atoms with Crippen LogP contribution in [0, 0.1) is 0 Å². The van der Waals surface area contributed by atoms with Gasteiger partial charge in [-0.25, -0.2) is 4.79 Å². The highest BCUT2D eigenvalue weighted by atomic mass is 32.1. The molecular weight excluding hydrogens is 266 g/mol. The molecule has 1 aromatic heterocycles. The SMILES string of the molecule is C=CCNC(=O)c1sc(NC)c(C(=O)OCC)c1N. The number of nitrogen functional groups attached to an aromatic ring is 1. The molecule has 0 unspecified atom stereocenters. The zero-order valence-electron chi connectivity index (χ0n) is 10.9. The summed E-state index contributed by atoms with van der Waals surface area (Å²) in [7, 11) is 1.65. The first kappa shape index (κ1) is 15.0. The van der Waals surface area contributed by atoms with E-state index in [1.807, 2.05) is 0 Å². The van der Waals surface area contributed by atoms with Gasteiger partial charge in [-0.3, -0.25) is 4.79 Å². The van der Waals surface area contributed by atoms with E-state index in [4.69, 9.17) is 10.5 Å². The second-order valence-corrected chi connectivity index (χ2v) is 4.54. The van der Waals surface area contributed by atoms with Gasteiger partial charge in [0.05, 0.1) is 12.3 Å². The fraction of sp³-hybridized carbons (Fsp3) is 0.333. The maximum atomic E-state index is 11.9. The van der Waals surface area contributed by atoms with Crippen LogP contribution in [-0.4, -0.2) is 32.1 Å². The van der Waals surface area contributed by atoms with Gasteiger partial charge in [0.1, 0.15) is 15.4 Å². The lowest BCUT2D eigenvalue weighted by molar-refractivity contribution is 0.0529. The van der Waals surface area contributed by atoms with E-state index in [1.165, 1.54) is 0 Å². The first-order chi connectivity index (χ1) is 9.06. The molecule has 1 heterocycles. The molecule has 19 heavy (non-hydrogen) atoms. The lowest BCUT2D eigenvalue weighted by Crippen LogP contribution is -2.23. The Morgan fingerprint density at radius 2 is 2.21 bits per heavy atom. The first-order valence-corrected chi connectivity index (χ1v) is 6.54. The number of carbonyl (C=O) groups is 2. The van der Waals surface area contributed by atoms with Crippen LogP contribution in [0.2, 0.25) is 0 Å². The van der Waals surface area contributed by atoms with E-state index in [1.54, 1.807) is 20.0 Å². The molecule has 104 valence electrons. The lowest BCUT2D eigenvalue weighted by atomic mass is 10.2. The van der Waals surface area contributed by atoms with E-state index < -0.39 is 5.97 Å². The number of thiophene rings is 1. The fourth-order valence-electron chi connectivity index (χ4n) is 1.44. The number of hydrogen-bond donors (Lipinski definition) is 3. The minimum Gasteiger partial charge on any atom is -0.462 e. The van der Waals surface area contributed by atoms with E-state index in [9.17, 15) is 9.59 Å². The van der Waals surface area contributed by atoms with Crippen molar-refractivity contribution in [3.05, 3.63) is 23.1 Å². The number of esters is 1. The Hall–Kier alpha value is -2.02. The highest BCUT2D eigenvalue weighted by molar-refractivity contribution is 7.19. The molecule has 0 aliphatic rings. The Labute approximate surface area is 115 Å². The Morgan fingerprint density at radius 1 is 1.53 bits per heavy atom. The molecular formula is C12H17N3O3S. The Morgan fingerprint density at radius 3 is 2.74 bits per heavy atom. The molecule has 0 saturated heterocycles. The van der Waals surface area contributed by atoms with Crippen molar-refractivity contribution in [2.75, 3.05) is 31.2 Å². The third-order valence-electron chi connectivity index (χ3n) is 2.26. The molecule has 0 aromatic carbocycles. The molecule has 1 aromatic rings. The van der Waals surface area contributed by atoms with Crippen LogP contribution in [0.3, 0.4) is 0 Å². The Kier molecular flexibility index (Phi) is 5.37. The number of hydrogen-bond acceptors (Lipinski definition) is 6. The minimum absolute atomic E-state index is 0.134. The summed E-state index contributed by atoms with van der Waals surface area (Å²) >= 11 is 1.12. The van der Waals surface area contributed by atoms with Crippen molar-refractivity contribution < 1.29 is 14.3 Å². The second-order valence-electron chi connectivity index (χ2n) is 3.52. The maximum Gasteiger partial charge on any atom is 0.343 e. The average molecular weight is 283 g/mol. The number of rotatable bonds is 6. The normalized spacial score (nSPS) is 9.79. The molecule has 1 amide bonds. The second kappa shape index (κ2) is 6.79. The predicted molar refractivity (Wildman–Crippen MR) is 76.8 cm³/mol. The maximum absolute atomic E-state index is 11.9. The highest BCUT2D eigenvalue weighted by Gasteiger charge is 2.25. The fourth-order valence-corrected chi connectivity index (χ4v) is 2.42. The first-order valence-electron chi connectivity index (χ1n) is 5.73. The summed E-state index contributed by atoms with van der Waals surface area (Å²) in [6, 6.07) is 0. The van der Waals surface area contributed by atoms with Crippen molar-refractivity contribution >= 4 is 33.9 Å². The highest BCUT2D eigenvalue weighted by Crippen LogP contribution is 2.35. The number of amides is 1. The van der Waals surface area contributed by atoms with Crippen molar-refractivity contribution in [1.82, 2.24) is 5.32 Å². The molecule has 0 fully saturated rings. The van der Waals surface area contributed by atoms with Crippen LogP contribution in [0.5, 0.6) is 0 Å². The summed E-state index contributed by atoms with van der Waals surface area (Å²) < 4.78 is 4.93. The summed E-state index contributed by atoms with van der Waals surface area (Å²) in [6.07, 6.45) is 1.56. The topological polar surface area (TPSA) is 93.5 Å². The van der Waals surface area contributed by atoms with Crippen LogP contribution in [0.15, 0.2) is 12.7 Å². The molecule has 1 rings (SSSR count). The summed E-state index contributed by atoms with van der Waals surface area (Å²) in [5, 5.41) is 5.98. The van der Waals surface area contributed by atoms with Gasteiger partial charge in [0.15, 0.2) is 0 Å². The number of nitrogens with two attached hydrogens (primary N) is 1. The van der Waals surface area contributed by atoms with Crippen molar-refractivity contribution in [2.24, 2.45) is 0 Å². The molecule has 0 atom stereocenters. The number of anilines is 2. The van der Waals surface area contributed by atoms with E-state index in [0.717, 1.165) is 11.3 Å². The smallest absolute Gasteiger partial charge is 0.343 e. The van der Waals surface area contributed by atoms with Gasteiger partial charge in [-0.2, -0.15) is 0 Å². The lowest BCUT2D eigenvalue weighted by Gasteiger charge is -2.04. The van der Waals surface area contributed by atoms with Gasteiger partial charge in [0.2, 0.25) is 0 Å². The molecule has 4 N–H and O–H groups in total. The third-order valence-corrected chi connectivity index (χ3v) is 3.49. The quantitative estimate of drug-likeness (QED) is 0.543. The van der Waals surface area contributed by atoms with Crippen molar-refractivity contribution in [3.63, 3.8) is 0 Å². The van der Waals surface area contributed by atoms with Crippen LogP contribution >= 0.6 is 11.3 Å². The molecule has 0 aliphatic heterocycles. The minimum atomic E-state index is -0.539. The molecule has 0 radical (unpaired) electrons. The van der Waals surface area contributed by atoms with E-state index in [0.29, 0.717) is 11.5 Å². The molecule has 0 saturated carbocycles. The monoisotopic (exact) mass is 283 g/mol. The van der Waals surface area contributed by atoms with Gasteiger partial charge in [-0.15, -0.1) is 17.9 Å². The van der Waals surface area contributed by atoms with E-state index >= 15 is 0 Å². The van der Waals surface area contributed by atoms with E-state index in [-0.39, 0.29) is 28.6 Å². The number of ether oxygens (including phenoxy) is 1. The van der Waals surface area contributed by atoms with Gasteiger partial charge in [-0.05, 0) is 6.92 Å². The van der Waals surface area contributed by atoms with Crippen LogP contribution in [0.1, 0.15) is 27.0 Å².